The molecule has 2 aromatic rings. The molecule has 0 bridgehead atoms. The number of hydrogen-bond donors (Lipinski definition) is 1. The standard InChI is InChI=1S/C20H21BrN2OS/c1-3-13-25-20(21)22-18(15-7-5-4-6-8-15)14-19(23-20)16-9-11-17(24-2)12-10-16/h3-12,18,22H,1,13-14H2,2H3/t18-,20-/m1/s1. The molecule has 1 heterocycles. The highest BCUT2D eigenvalue weighted by molar-refractivity contribution is 9.11. The molecule has 2 atom stereocenters. The van der Waals surface area contributed by atoms with Gasteiger partial charge < -0.3 is 4.74 Å². The molecule has 25 heavy (non-hydrogen) atoms. The van der Waals surface area contributed by atoms with Crippen molar-refractivity contribution in [2.24, 2.45) is 4.99 Å². The van der Waals surface area contributed by atoms with E-state index in [9.17, 15) is 0 Å². The number of nitrogens with zero attached hydrogens (tertiary/aromatic N) is 1. The first-order valence-electron chi connectivity index (χ1n) is 8.13. The summed E-state index contributed by atoms with van der Waals surface area (Å²) in [6, 6.07) is 18.8. The van der Waals surface area contributed by atoms with E-state index in [4.69, 9.17) is 9.73 Å². The second kappa shape index (κ2) is 8.21. The number of alkyl halides is 1. The Balaban J connectivity index is 1.94. The molecular formula is C20H21BrN2OS. The monoisotopic (exact) mass is 416 g/mol. The number of thioether (sulfide) groups is 1. The highest BCUT2D eigenvalue weighted by atomic mass is 79.9. The van der Waals surface area contributed by atoms with Gasteiger partial charge in [-0.2, -0.15) is 0 Å². The summed E-state index contributed by atoms with van der Waals surface area (Å²) in [5, 5.41) is 3.62. The topological polar surface area (TPSA) is 33.6 Å². The van der Waals surface area contributed by atoms with Crippen LogP contribution >= 0.6 is 27.7 Å². The SMILES string of the molecule is C=CCS[C@@]1(Br)N=C(c2ccc(OC)cc2)C[C@H](c2ccccc2)N1. The van der Waals surface area contributed by atoms with Gasteiger partial charge in [-0.15, -0.1) is 18.3 Å². The summed E-state index contributed by atoms with van der Waals surface area (Å²) in [6.45, 7) is 3.82. The molecular weight excluding hydrogens is 396 g/mol. The van der Waals surface area contributed by atoms with Crippen LogP contribution in [0.4, 0.5) is 0 Å². The first-order chi connectivity index (χ1) is 12.1. The molecule has 130 valence electrons. The zero-order chi connectivity index (χ0) is 17.7. The van der Waals surface area contributed by atoms with E-state index in [1.165, 1.54) is 5.56 Å². The Bertz CT molecular complexity index is 748. The molecule has 1 aliphatic heterocycles. The molecule has 5 heteroatoms. The van der Waals surface area contributed by atoms with E-state index in [0.29, 0.717) is 0 Å². The smallest absolute Gasteiger partial charge is 0.215 e. The maximum atomic E-state index is 5.26. The third kappa shape index (κ3) is 4.54. The fraction of sp³-hybridized carbons (Fsp3) is 0.250. The second-order valence-corrected chi connectivity index (χ2v) is 8.65. The minimum Gasteiger partial charge on any atom is -0.497 e. The van der Waals surface area contributed by atoms with Gasteiger partial charge in [0.15, 0.2) is 0 Å². The van der Waals surface area contributed by atoms with Gasteiger partial charge in [-0.25, -0.2) is 4.99 Å². The zero-order valence-corrected chi connectivity index (χ0v) is 16.5. The van der Waals surface area contributed by atoms with Crippen molar-refractivity contribution in [1.29, 1.82) is 0 Å². The van der Waals surface area contributed by atoms with E-state index in [-0.39, 0.29) is 6.04 Å². The molecule has 0 fully saturated rings. The van der Waals surface area contributed by atoms with Gasteiger partial charge in [-0.1, -0.05) is 36.4 Å². The molecule has 3 rings (SSSR count). The average molecular weight is 417 g/mol. The molecule has 0 unspecified atom stereocenters. The lowest BCUT2D eigenvalue weighted by molar-refractivity contribution is 0.415. The molecule has 0 aliphatic carbocycles. The molecule has 0 aromatic heterocycles. The predicted molar refractivity (Wildman–Crippen MR) is 111 cm³/mol. The van der Waals surface area contributed by atoms with Crippen LogP contribution in [0.5, 0.6) is 5.75 Å². The lowest BCUT2D eigenvalue weighted by atomic mass is 9.96. The van der Waals surface area contributed by atoms with Crippen LogP contribution in [-0.2, 0) is 0 Å². The number of methoxy groups -OCH3 is 1. The van der Waals surface area contributed by atoms with Crippen LogP contribution in [-0.4, -0.2) is 22.5 Å². The van der Waals surface area contributed by atoms with Crippen molar-refractivity contribution >= 4 is 33.4 Å². The number of halogens is 1. The predicted octanol–water partition coefficient (Wildman–Crippen LogP) is 5.14. The summed E-state index contributed by atoms with van der Waals surface area (Å²) < 4.78 is 4.70. The van der Waals surface area contributed by atoms with Gasteiger partial charge in [0.05, 0.1) is 7.11 Å². The number of nitrogens with one attached hydrogen (secondary N) is 1. The van der Waals surface area contributed by atoms with Crippen molar-refractivity contribution in [3.63, 3.8) is 0 Å². The highest BCUT2D eigenvalue weighted by Gasteiger charge is 2.35. The Morgan fingerprint density at radius 1 is 1.28 bits per heavy atom. The number of aliphatic imine (C=N–C) groups is 1. The van der Waals surface area contributed by atoms with Gasteiger partial charge in [0.2, 0.25) is 3.90 Å². The van der Waals surface area contributed by atoms with E-state index in [1.807, 2.05) is 24.3 Å². The van der Waals surface area contributed by atoms with Crippen molar-refractivity contribution in [3.8, 4) is 5.75 Å². The lowest BCUT2D eigenvalue weighted by Crippen LogP contribution is -2.43. The molecule has 0 saturated heterocycles. The maximum absolute atomic E-state index is 5.26. The van der Waals surface area contributed by atoms with Gasteiger partial charge in [0, 0.05) is 23.9 Å². The van der Waals surface area contributed by atoms with Crippen molar-refractivity contribution in [2.75, 3.05) is 12.9 Å². The van der Waals surface area contributed by atoms with Crippen molar-refractivity contribution in [1.82, 2.24) is 5.32 Å². The van der Waals surface area contributed by atoms with Crippen LogP contribution in [0.2, 0.25) is 0 Å². The summed E-state index contributed by atoms with van der Waals surface area (Å²) in [7, 11) is 1.68. The van der Waals surface area contributed by atoms with Crippen LogP contribution in [0, 0.1) is 0 Å². The number of hydrogen-bond acceptors (Lipinski definition) is 4. The molecule has 0 radical (unpaired) electrons. The Kier molecular flexibility index (Phi) is 5.99. The van der Waals surface area contributed by atoms with Crippen molar-refractivity contribution in [2.45, 2.75) is 16.4 Å². The fourth-order valence-electron chi connectivity index (χ4n) is 2.81. The minimum atomic E-state index is -0.560. The highest BCUT2D eigenvalue weighted by Crippen LogP contribution is 2.39. The van der Waals surface area contributed by atoms with Crippen LogP contribution in [0.1, 0.15) is 23.6 Å². The largest absolute Gasteiger partial charge is 0.497 e. The first kappa shape index (κ1) is 18.2. The number of benzene rings is 2. The quantitative estimate of drug-likeness (QED) is 0.401. The molecule has 0 amide bonds. The molecule has 1 N–H and O–H groups in total. The zero-order valence-electron chi connectivity index (χ0n) is 14.1. The van der Waals surface area contributed by atoms with Crippen molar-refractivity contribution in [3.05, 3.63) is 78.4 Å². The van der Waals surface area contributed by atoms with Crippen LogP contribution < -0.4 is 10.1 Å². The number of ether oxygens (including phenoxy) is 1. The Morgan fingerprint density at radius 2 is 2.00 bits per heavy atom. The maximum Gasteiger partial charge on any atom is 0.215 e. The van der Waals surface area contributed by atoms with Crippen molar-refractivity contribution < 1.29 is 4.74 Å². The summed E-state index contributed by atoms with van der Waals surface area (Å²) in [5.74, 6) is 1.66. The minimum absolute atomic E-state index is 0.187. The van der Waals surface area contributed by atoms with Gasteiger partial charge in [0.1, 0.15) is 5.75 Å². The summed E-state index contributed by atoms with van der Waals surface area (Å²) in [4.78, 5) is 4.95. The summed E-state index contributed by atoms with van der Waals surface area (Å²) in [6.07, 6.45) is 2.72. The molecule has 0 saturated carbocycles. The van der Waals surface area contributed by atoms with Gasteiger partial charge >= 0.3 is 0 Å². The van der Waals surface area contributed by atoms with Crippen LogP contribution in [0.25, 0.3) is 0 Å². The van der Waals surface area contributed by atoms with E-state index >= 15 is 0 Å². The Morgan fingerprint density at radius 3 is 2.64 bits per heavy atom. The van der Waals surface area contributed by atoms with E-state index in [1.54, 1.807) is 18.9 Å². The fourth-order valence-corrected chi connectivity index (χ4v) is 4.43. The van der Waals surface area contributed by atoms with E-state index < -0.39 is 3.90 Å². The third-order valence-electron chi connectivity index (χ3n) is 4.05. The van der Waals surface area contributed by atoms with Crippen LogP contribution in [0.3, 0.4) is 0 Å². The van der Waals surface area contributed by atoms with Crippen LogP contribution in [0.15, 0.2) is 72.2 Å². The molecule has 1 aliphatic rings. The second-order valence-electron chi connectivity index (χ2n) is 5.76. The van der Waals surface area contributed by atoms with E-state index in [0.717, 1.165) is 29.2 Å². The first-order valence-corrected chi connectivity index (χ1v) is 9.91. The third-order valence-corrected chi connectivity index (χ3v) is 6.13. The Labute approximate surface area is 161 Å². The van der Waals surface area contributed by atoms with Gasteiger partial charge in [0.25, 0.3) is 0 Å². The van der Waals surface area contributed by atoms with E-state index in [2.05, 4.69) is 64.2 Å². The molecule has 2 aromatic carbocycles. The molecule has 0 spiro atoms. The Hall–Kier alpha value is -1.56. The average Bonchev–Trinajstić information content (AvgIpc) is 2.67. The molecule has 3 nitrogen and oxygen atoms in total. The summed E-state index contributed by atoms with van der Waals surface area (Å²) >= 11 is 5.47. The lowest BCUT2D eigenvalue weighted by Gasteiger charge is -2.35. The normalized spacial score (nSPS) is 23.0. The number of rotatable bonds is 6. The van der Waals surface area contributed by atoms with Gasteiger partial charge in [-0.3, -0.25) is 5.32 Å². The van der Waals surface area contributed by atoms with Gasteiger partial charge in [-0.05, 0) is 51.3 Å². The summed E-state index contributed by atoms with van der Waals surface area (Å²) in [5.41, 5.74) is 3.45.